The van der Waals surface area contributed by atoms with E-state index in [1.165, 1.54) is 12.8 Å². The summed E-state index contributed by atoms with van der Waals surface area (Å²) in [6.45, 7) is 6.25. The molecule has 0 bridgehead atoms. The number of methoxy groups -OCH3 is 1. The fourth-order valence-corrected chi connectivity index (χ4v) is 2.02. The van der Waals surface area contributed by atoms with Crippen LogP contribution in [-0.4, -0.2) is 23.6 Å². The van der Waals surface area contributed by atoms with Gasteiger partial charge in [-0.25, -0.2) is 9.97 Å². The third-order valence-electron chi connectivity index (χ3n) is 3.17. The van der Waals surface area contributed by atoms with E-state index >= 15 is 0 Å². The SMILES string of the molecule is COC(c1ncc(CNCC(C)C)cn1)C1CC1. The minimum atomic E-state index is 0.0858. The molecule has 1 fully saturated rings. The molecule has 2 rings (SSSR count). The van der Waals surface area contributed by atoms with Crippen molar-refractivity contribution in [3.8, 4) is 0 Å². The topological polar surface area (TPSA) is 47.0 Å². The molecule has 1 unspecified atom stereocenters. The van der Waals surface area contributed by atoms with Gasteiger partial charge in [0, 0.05) is 31.6 Å². The summed E-state index contributed by atoms with van der Waals surface area (Å²) >= 11 is 0. The lowest BCUT2D eigenvalue weighted by Crippen LogP contribution is -2.19. The van der Waals surface area contributed by atoms with Crippen LogP contribution in [0.4, 0.5) is 0 Å². The van der Waals surface area contributed by atoms with Crippen molar-refractivity contribution >= 4 is 0 Å². The molecule has 0 aliphatic heterocycles. The van der Waals surface area contributed by atoms with E-state index in [1.807, 2.05) is 12.4 Å². The summed E-state index contributed by atoms with van der Waals surface area (Å²) in [6, 6.07) is 0. The van der Waals surface area contributed by atoms with Gasteiger partial charge in [0.15, 0.2) is 5.82 Å². The van der Waals surface area contributed by atoms with Crippen LogP contribution in [0.5, 0.6) is 0 Å². The van der Waals surface area contributed by atoms with Gasteiger partial charge < -0.3 is 10.1 Å². The van der Waals surface area contributed by atoms with Gasteiger partial charge in [-0.05, 0) is 31.2 Å². The van der Waals surface area contributed by atoms with Crippen LogP contribution in [-0.2, 0) is 11.3 Å². The average molecular weight is 249 g/mol. The molecular formula is C14H23N3O. The summed E-state index contributed by atoms with van der Waals surface area (Å²) in [4.78, 5) is 8.87. The summed E-state index contributed by atoms with van der Waals surface area (Å²) in [5.74, 6) is 2.12. The first kappa shape index (κ1) is 13.4. The number of aromatic nitrogens is 2. The number of ether oxygens (including phenoxy) is 1. The predicted molar refractivity (Wildman–Crippen MR) is 71.1 cm³/mol. The summed E-state index contributed by atoms with van der Waals surface area (Å²) in [5.41, 5.74) is 1.13. The van der Waals surface area contributed by atoms with Crippen molar-refractivity contribution in [2.75, 3.05) is 13.7 Å². The number of nitrogens with one attached hydrogen (secondary N) is 1. The van der Waals surface area contributed by atoms with E-state index in [-0.39, 0.29) is 6.10 Å². The highest BCUT2D eigenvalue weighted by Crippen LogP contribution is 2.41. The molecule has 1 aromatic heterocycles. The van der Waals surface area contributed by atoms with Crippen molar-refractivity contribution in [3.63, 3.8) is 0 Å². The van der Waals surface area contributed by atoms with Gasteiger partial charge in [0.2, 0.25) is 0 Å². The third kappa shape index (κ3) is 3.75. The Kier molecular flexibility index (Phi) is 4.66. The highest BCUT2D eigenvalue weighted by Gasteiger charge is 2.34. The zero-order valence-electron chi connectivity index (χ0n) is 11.5. The van der Waals surface area contributed by atoms with E-state index in [0.717, 1.165) is 24.5 Å². The first-order chi connectivity index (χ1) is 8.70. The maximum atomic E-state index is 5.47. The molecule has 1 aromatic rings. The fourth-order valence-electron chi connectivity index (χ4n) is 2.02. The van der Waals surface area contributed by atoms with Gasteiger partial charge in [-0.2, -0.15) is 0 Å². The van der Waals surface area contributed by atoms with Gasteiger partial charge in [-0.1, -0.05) is 13.8 Å². The molecule has 1 aliphatic carbocycles. The Labute approximate surface area is 109 Å². The van der Waals surface area contributed by atoms with Gasteiger partial charge in [0.05, 0.1) is 0 Å². The average Bonchev–Trinajstić information content (AvgIpc) is 3.16. The number of nitrogens with zero attached hydrogens (tertiary/aromatic N) is 2. The van der Waals surface area contributed by atoms with E-state index < -0.39 is 0 Å². The monoisotopic (exact) mass is 249 g/mol. The van der Waals surface area contributed by atoms with Crippen molar-refractivity contribution in [2.24, 2.45) is 11.8 Å². The lowest BCUT2D eigenvalue weighted by atomic mass is 10.2. The lowest BCUT2D eigenvalue weighted by molar-refractivity contribution is 0.0771. The van der Waals surface area contributed by atoms with Crippen LogP contribution >= 0.6 is 0 Å². The van der Waals surface area contributed by atoms with Crippen molar-refractivity contribution in [3.05, 3.63) is 23.8 Å². The Bertz CT molecular complexity index is 360. The molecule has 1 N–H and O–H groups in total. The molecule has 0 radical (unpaired) electrons. The Morgan fingerprint density at radius 1 is 1.33 bits per heavy atom. The summed E-state index contributed by atoms with van der Waals surface area (Å²) in [7, 11) is 1.74. The fraction of sp³-hybridized carbons (Fsp3) is 0.714. The molecule has 1 saturated carbocycles. The van der Waals surface area contributed by atoms with Crippen LogP contribution in [0.25, 0.3) is 0 Å². The van der Waals surface area contributed by atoms with Crippen LogP contribution in [0.2, 0.25) is 0 Å². The maximum Gasteiger partial charge on any atom is 0.157 e. The molecule has 4 nitrogen and oxygen atoms in total. The van der Waals surface area contributed by atoms with Gasteiger partial charge in [0.25, 0.3) is 0 Å². The van der Waals surface area contributed by atoms with Crippen LogP contribution in [0, 0.1) is 11.8 Å². The molecule has 1 aliphatic rings. The number of hydrogen-bond acceptors (Lipinski definition) is 4. The Morgan fingerprint density at radius 3 is 2.50 bits per heavy atom. The minimum Gasteiger partial charge on any atom is -0.373 e. The molecule has 0 saturated heterocycles. The standard InChI is InChI=1S/C14H23N3O/c1-10(2)6-15-7-11-8-16-14(17-9-11)13(18-3)12-4-5-12/h8-10,12-13,15H,4-7H2,1-3H3. The first-order valence-corrected chi connectivity index (χ1v) is 6.75. The highest BCUT2D eigenvalue weighted by molar-refractivity contribution is 5.08. The zero-order chi connectivity index (χ0) is 13.0. The van der Waals surface area contributed by atoms with Crippen LogP contribution in [0.15, 0.2) is 12.4 Å². The van der Waals surface area contributed by atoms with Crippen LogP contribution in [0.3, 0.4) is 0 Å². The molecule has 0 spiro atoms. The van der Waals surface area contributed by atoms with Crippen molar-refractivity contribution in [1.29, 1.82) is 0 Å². The molecule has 0 aromatic carbocycles. The van der Waals surface area contributed by atoms with Gasteiger partial charge in [-0.15, -0.1) is 0 Å². The molecule has 4 heteroatoms. The summed E-state index contributed by atoms with van der Waals surface area (Å²) < 4.78 is 5.47. The molecule has 18 heavy (non-hydrogen) atoms. The first-order valence-electron chi connectivity index (χ1n) is 6.75. The quantitative estimate of drug-likeness (QED) is 0.805. The Hall–Kier alpha value is -1.00. The summed E-state index contributed by atoms with van der Waals surface area (Å²) in [5, 5.41) is 3.39. The van der Waals surface area contributed by atoms with Gasteiger partial charge >= 0.3 is 0 Å². The Balaban J connectivity index is 1.88. The van der Waals surface area contributed by atoms with Crippen LogP contribution < -0.4 is 5.32 Å². The minimum absolute atomic E-state index is 0.0858. The van der Waals surface area contributed by atoms with E-state index in [4.69, 9.17) is 4.74 Å². The highest BCUT2D eigenvalue weighted by atomic mass is 16.5. The molecular weight excluding hydrogens is 226 g/mol. The number of rotatable bonds is 7. The lowest BCUT2D eigenvalue weighted by Gasteiger charge is -2.13. The normalized spacial score (nSPS) is 17.1. The molecule has 1 atom stereocenters. The second-order valence-corrected chi connectivity index (χ2v) is 5.47. The van der Waals surface area contributed by atoms with Crippen LogP contribution in [0.1, 0.15) is 44.2 Å². The van der Waals surface area contributed by atoms with Gasteiger partial charge in [-0.3, -0.25) is 0 Å². The predicted octanol–water partition coefficient (Wildman–Crippen LogP) is 2.32. The maximum absolute atomic E-state index is 5.47. The smallest absolute Gasteiger partial charge is 0.157 e. The van der Waals surface area contributed by atoms with Crippen molar-refractivity contribution in [1.82, 2.24) is 15.3 Å². The van der Waals surface area contributed by atoms with Gasteiger partial charge in [0.1, 0.15) is 6.10 Å². The Morgan fingerprint density at radius 2 is 2.00 bits per heavy atom. The summed E-state index contributed by atoms with van der Waals surface area (Å²) in [6.07, 6.45) is 6.37. The van der Waals surface area contributed by atoms with E-state index in [1.54, 1.807) is 7.11 Å². The van der Waals surface area contributed by atoms with E-state index in [2.05, 4.69) is 29.1 Å². The zero-order valence-corrected chi connectivity index (χ0v) is 11.5. The molecule has 100 valence electrons. The van der Waals surface area contributed by atoms with E-state index in [9.17, 15) is 0 Å². The number of hydrogen-bond donors (Lipinski definition) is 1. The van der Waals surface area contributed by atoms with E-state index in [0.29, 0.717) is 11.8 Å². The van der Waals surface area contributed by atoms with Crippen molar-refractivity contribution < 1.29 is 4.74 Å². The second kappa shape index (κ2) is 6.25. The van der Waals surface area contributed by atoms with Crippen molar-refractivity contribution in [2.45, 2.75) is 39.3 Å². The third-order valence-corrected chi connectivity index (χ3v) is 3.17. The second-order valence-electron chi connectivity index (χ2n) is 5.47. The largest absolute Gasteiger partial charge is 0.373 e. The molecule has 0 amide bonds. The molecule has 1 heterocycles.